The second kappa shape index (κ2) is 7.87. The first-order valence-electron chi connectivity index (χ1n) is 7.84. The number of benzene rings is 1. The summed E-state index contributed by atoms with van der Waals surface area (Å²) < 4.78 is 10.5. The van der Waals surface area contributed by atoms with Crippen LogP contribution in [0.25, 0.3) is 0 Å². The van der Waals surface area contributed by atoms with E-state index in [2.05, 4.69) is 11.4 Å². The Labute approximate surface area is 132 Å². The summed E-state index contributed by atoms with van der Waals surface area (Å²) in [5.74, 6) is 1.16. The van der Waals surface area contributed by atoms with Crippen molar-refractivity contribution in [2.45, 2.75) is 39.0 Å². The fourth-order valence-corrected chi connectivity index (χ4v) is 2.79. The van der Waals surface area contributed by atoms with E-state index in [1.54, 1.807) is 20.3 Å². The molecule has 1 amide bonds. The van der Waals surface area contributed by atoms with E-state index in [-0.39, 0.29) is 5.91 Å². The summed E-state index contributed by atoms with van der Waals surface area (Å²) >= 11 is 0. The summed E-state index contributed by atoms with van der Waals surface area (Å²) in [6.45, 7) is 2.58. The third kappa shape index (κ3) is 4.03. The number of allylic oxidation sites excluding steroid dienone is 1. The van der Waals surface area contributed by atoms with E-state index in [0.29, 0.717) is 23.6 Å². The molecule has 2 rings (SSSR count). The lowest BCUT2D eigenvalue weighted by Gasteiger charge is -2.14. The van der Waals surface area contributed by atoms with Gasteiger partial charge in [0.05, 0.1) is 14.2 Å². The van der Waals surface area contributed by atoms with Gasteiger partial charge in [0.15, 0.2) is 11.5 Å². The minimum atomic E-state index is -0.0603. The van der Waals surface area contributed by atoms with Crippen LogP contribution < -0.4 is 14.8 Å². The van der Waals surface area contributed by atoms with Crippen LogP contribution >= 0.6 is 0 Å². The maximum Gasteiger partial charge on any atom is 0.251 e. The van der Waals surface area contributed by atoms with E-state index < -0.39 is 0 Å². The first kappa shape index (κ1) is 16.4. The van der Waals surface area contributed by atoms with E-state index in [1.807, 2.05) is 13.0 Å². The molecule has 1 aromatic rings. The van der Waals surface area contributed by atoms with E-state index in [0.717, 1.165) is 12.0 Å². The molecule has 1 aromatic carbocycles. The zero-order valence-electron chi connectivity index (χ0n) is 13.7. The van der Waals surface area contributed by atoms with Crippen molar-refractivity contribution in [1.29, 1.82) is 0 Å². The van der Waals surface area contributed by atoms with Crippen molar-refractivity contribution in [3.63, 3.8) is 0 Å². The zero-order chi connectivity index (χ0) is 15.9. The minimum Gasteiger partial charge on any atom is -0.493 e. The van der Waals surface area contributed by atoms with Crippen LogP contribution in [0.15, 0.2) is 23.8 Å². The summed E-state index contributed by atoms with van der Waals surface area (Å²) in [5, 5.41) is 3.00. The highest BCUT2D eigenvalue weighted by molar-refractivity contribution is 5.96. The Balaban J connectivity index is 1.98. The molecule has 0 heterocycles. The molecule has 4 heteroatoms. The minimum absolute atomic E-state index is 0.0603. The van der Waals surface area contributed by atoms with Gasteiger partial charge in [0, 0.05) is 12.1 Å². The average Bonchev–Trinajstić information content (AvgIpc) is 2.55. The van der Waals surface area contributed by atoms with Gasteiger partial charge in [0.1, 0.15) is 0 Å². The van der Waals surface area contributed by atoms with Crippen molar-refractivity contribution in [2.75, 3.05) is 20.8 Å². The normalized spacial score (nSPS) is 14.2. The summed E-state index contributed by atoms with van der Waals surface area (Å²) in [6, 6.07) is 3.57. The van der Waals surface area contributed by atoms with Gasteiger partial charge in [0.25, 0.3) is 5.91 Å². The third-order valence-corrected chi connectivity index (χ3v) is 4.09. The molecule has 0 aliphatic heterocycles. The molecule has 1 aliphatic rings. The van der Waals surface area contributed by atoms with Gasteiger partial charge in [-0.3, -0.25) is 4.79 Å². The lowest BCUT2D eigenvalue weighted by atomic mass is 9.97. The molecular weight excluding hydrogens is 278 g/mol. The van der Waals surface area contributed by atoms with Gasteiger partial charge < -0.3 is 14.8 Å². The summed E-state index contributed by atoms with van der Waals surface area (Å²) in [6.07, 6.45) is 8.17. The van der Waals surface area contributed by atoms with Gasteiger partial charge in [-0.15, -0.1) is 0 Å². The van der Waals surface area contributed by atoms with Crippen molar-refractivity contribution in [3.05, 3.63) is 34.9 Å². The van der Waals surface area contributed by atoms with E-state index in [4.69, 9.17) is 9.47 Å². The number of aryl methyl sites for hydroxylation is 1. The molecule has 120 valence electrons. The van der Waals surface area contributed by atoms with Gasteiger partial charge in [-0.25, -0.2) is 0 Å². The third-order valence-electron chi connectivity index (χ3n) is 4.09. The number of nitrogens with one attached hydrogen (secondary N) is 1. The number of carbonyl (C=O) groups excluding carboxylic acids is 1. The van der Waals surface area contributed by atoms with Crippen molar-refractivity contribution in [1.82, 2.24) is 5.32 Å². The van der Waals surface area contributed by atoms with Gasteiger partial charge in [-0.05, 0) is 56.7 Å². The molecule has 1 aliphatic carbocycles. The lowest BCUT2D eigenvalue weighted by molar-refractivity contribution is 0.0953. The molecule has 0 radical (unpaired) electrons. The van der Waals surface area contributed by atoms with Crippen LogP contribution in [0.5, 0.6) is 11.5 Å². The van der Waals surface area contributed by atoms with Crippen LogP contribution in [0.4, 0.5) is 0 Å². The smallest absolute Gasteiger partial charge is 0.251 e. The topological polar surface area (TPSA) is 47.6 Å². The number of methoxy groups -OCH3 is 2. The first-order valence-corrected chi connectivity index (χ1v) is 7.84. The van der Waals surface area contributed by atoms with Crippen molar-refractivity contribution < 1.29 is 14.3 Å². The molecule has 0 aromatic heterocycles. The highest BCUT2D eigenvalue weighted by Gasteiger charge is 2.14. The number of carbonyl (C=O) groups is 1. The van der Waals surface area contributed by atoms with Crippen LogP contribution in [0.3, 0.4) is 0 Å². The van der Waals surface area contributed by atoms with E-state index >= 15 is 0 Å². The predicted molar refractivity (Wildman–Crippen MR) is 87.8 cm³/mol. The maximum absolute atomic E-state index is 12.3. The first-order chi connectivity index (χ1) is 10.7. The molecule has 0 saturated heterocycles. The molecule has 0 spiro atoms. The monoisotopic (exact) mass is 303 g/mol. The van der Waals surface area contributed by atoms with Crippen LogP contribution in [0.2, 0.25) is 0 Å². The molecule has 0 fully saturated rings. The molecule has 0 atom stereocenters. The number of hydrogen-bond donors (Lipinski definition) is 1. The van der Waals surface area contributed by atoms with Crippen LogP contribution in [0, 0.1) is 6.92 Å². The Morgan fingerprint density at radius 3 is 2.55 bits per heavy atom. The fourth-order valence-electron chi connectivity index (χ4n) is 2.79. The summed E-state index contributed by atoms with van der Waals surface area (Å²) in [4.78, 5) is 12.3. The van der Waals surface area contributed by atoms with Crippen LogP contribution in [-0.4, -0.2) is 26.7 Å². The second-order valence-corrected chi connectivity index (χ2v) is 5.64. The highest BCUT2D eigenvalue weighted by atomic mass is 16.5. The molecule has 1 N–H and O–H groups in total. The van der Waals surface area contributed by atoms with E-state index in [1.165, 1.54) is 31.3 Å². The number of amides is 1. The SMILES string of the molecule is COc1cc(C)c(C(=O)NCCC2=CCCCC2)cc1OC. The number of rotatable bonds is 6. The van der Waals surface area contributed by atoms with Gasteiger partial charge in [-0.1, -0.05) is 11.6 Å². The average molecular weight is 303 g/mol. The fraction of sp³-hybridized carbons (Fsp3) is 0.500. The number of ether oxygens (including phenoxy) is 2. The van der Waals surface area contributed by atoms with Gasteiger partial charge >= 0.3 is 0 Å². The summed E-state index contributed by atoms with van der Waals surface area (Å²) in [7, 11) is 3.17. The van der Waals surface area contributed by atoms with Crippen LogP contribution in [0.1, 0.15) is 48.0 Å². The standard InChI is InChI=1S/C18H25NO3/c1-13-11-16(21-2)17(22-3)12-15(13)18(20)19-10-9-14-7-5-4-6-8-14/h7,11-12H,4-6,8-10H2,1-3H3,(H,19,20). The second-order valence-electron chi connectivity index (χ2n) is 5.64. The Morgan fingerprint density at radius 2 is 1.91 bits per heavy atom. The molecule has 0 unspecified atom stereocenters. The van der Waals surface area contributed by atoms with Crippen molar-refractivity contribution in [3.8, 4) is 11.5 Å². The molecule has 4 nitrogen and oxygen atoms in total. The largest absolute Gasteiger partial charge is 0.493 e. The maximum atomic E-state index is 12.3. The lowest BCUT2D eigenvalue weighted by Crippen LogP contribution is -2.25. The Hall–Kier alpha value is -1.97. The Morgan fingerprint density at radius 1 is 1.18 bits per heavy atom. The Kier molecular flexibility index (Phi) is 5.87. The molecular formula is C18H25NO3. The predicted octanol–water partition coefficient (Wildman–Crippen LogP) is 3.63. The van der Waals surface area contributed by atoms with Crippen molar-refractivity contribution in [2.24, 2.45) is 0 Å². The number of hydrogen-bond acceptors (Lipinski definition) is 3. The van der Waals surface area contributed by atoms with Gasteiger partial charge in [0.2, 0.25) is 0 Å². The highest BCUT2D eigenvalue weighted by Crippen LogP contribution is 2.30. The quantitative estimate of drug-likeness (QED) is 0.816. The molecule has 22 heavy (non-hydrogen) atoms. The molecule has 0 bridgehead atoms. The summed E-state index contributed by atoms with van der Waals surface area (Å²) in [5.41, 5.74) is 2.98. The zero-order valence-corrected chi connectivity index (χ0v) is 13.7. The Bertz CT molecular complexity index is 564. The van der Waals surface area contributed by atoms with Crippen LogP contribution in [-0.2, 0) is 0 Å². The van der Waals surface area contributed by atoms with Crippen molar-refractivity contribution >= 4 is 5.91 Å². The molecule has 0 saturated carbocycles. The van der Waals surface area contributed by atoms with E-state index in [9.17, 15) is 4.79 Å². The van der Waals surface area contributed by atoms with Gasteiger partial charge in [-0.2, -0.15) is 0 Å².